The number of fused-ring (bicyclic) bond motifs is 1. The van der Waals surface area contributed by atoms with Gasteiger partial charge in [-0.1, -0.05) is 32.0 Å². The molecule has 1 fully saturated rings. The van der Waals surface area contributed by atoms with Gasteiger partial charge in [0.05, 0.1) is 14.2 Å². The lowest BCUT2D eigenvalue weighted by Crippen LogP contribution is -2.41. The van der Waals surface area contributed by atoms with Gasteiger partial charge in [-0.15, -0.1) is 0 Å². The van der Waals surface area contributed by atoms with Gasteiger partial charge in [0.25, 0.3) is 0 Å². The third-order valence-electron chi connectivity index (χ3n) is 9.07. The molecular formula is C36H48N2O4. The van der Waals surface area contributed by atoms with Crippen LogP contribution in [0, 0.1) is 5.41 Å². The Hall–Kier alpha value is -3.38. The molecule has 3 aromatic carbocycles. The number of anilines is 1. The molecule has 0 amide bonds. The largest absolute Gasteiger partial charge is 0.508 e. The summed E-state index contributed by atoms with van der Waals surface area (Å²) >= 11 is 0. The van der Waals surface area contributed by atoms with Crippen LogP contribution in [0.3, 0.4) is 0 Å². The molecule has 1 saturated heterocycles. The number of aryl methyl sites for hydroxylation is 1. The van der Waals surface area contributed by atoms with Gasteiger partial charge in [0.15, 0.2) is 11.5 Å². The normalized spacial score (nSPS) is 18.3. The summed E-state index contributed by atoms with van der Waals surface area (Å²) in [5.74, 6) is 3.14. The van der Waals surface area contributed by atoms with E-state index in [1.54, 1.807) is 20.3 Å². The first kappa shape index (κ1) is 30.1. The van der Waals surface area contributed by atoms with Gasteiger partial charge in [-0.2, -0.15) is 0 Å². The minimum absolute atomic E-state index is 0.346. The first-order chi connectivity index (χ1) is 20.3. The maximum absolute atomic E-state index is 9.97. The first-order valence-corrected chi connectivity index (χ1v) is 15.5. The fraction of sp³-hybridized carbons (Fsp3) is 0.500. The first-order valence-electron chi connectivity index (χ1n) is 15.5. The molecule has 6 heteroatoms. The summed E-state index contributed by atoms with van der Waals surface area (Å²) < 4.78 is 17.6. The summed E-state index contributed by atoms with van der Waals surface area (Å²) in [7, 11) is 3.40. The van der Waals surface area contributed by atoms with E-state index in [0.717, 1.165) is 69.3 Å². The second kappa shape index (κ2) is 13.3. The Balaban J connectivity index is 1.30. The van der Waals surface area contributed by atoms with Gasteiger partial charge in [-0.25, -0.2) is 0 Å². The van der Waals surface area contributed by atoms with Crippen LogP contribution in [0.25, 0.3) is 0 Å². The molecule has 0 bridgehead atoms. The number of ether oxygens (including phenoxy) is 3. The minimum atomic E-state index is 0.346. The smallest absolute Gasteiger partial charge is 0.162 e. The highest BCUT2D eigenvalue weighted by Crippen LogP contribution is 2.43. The molecule has 0 aromatic heterocycles. The molecule has 0 radical (unpaired) electrons. The number of methoxy groups -OCH3 is 2. The Morgan fingerprint density at radius 2 is 1.74 bits per heavy atom. The maximum Gasteiger partial charge on any atom is 0.162 e. The molecular weight excluding hydrogens is 524 g/mol. The number of phenols is 1. The molecule has 226 valence electrons. The maximum atomic E-state index is 9.97. The predicted molar refractivity (Wildman–Crippen MR) is 171 cm³/mol. The Morgan fingerprint density at radius 3 is 2.45 bits per heavy atom. The van der Waals surface area contributed by atoms with E-state index in [-0.39, 0.29) is 0 Å². The number of nitrogens with zero attached hydrogens (tertiary/aromatic N) is 2. The van der Waals surface area contributed by atoms with Gasteiger partial charge < -0.3 is 24.2 Å². The number of phenolic OH excluding ortho intramolecular Hbond substituents is 1. The van der Waals surface area contributed by atoms with Crippen molar-refractivity contribution in [2.75, 3.05) is 51.9 Å². The van der Waals surface area contributed by atoms with E-state index in [1.807, 2.05) is 6.07 Å². The second-order valence-corrected chi connectivity index (χ2v) is 12.7. The average Bonchev–Trinajstić information content (AvgIpc) is 2.99. The van der Waals surface area contributed by atoms with Gasteiger partial charge in [0, 0.05) is 37.9 Å². The van der Waals surface area contributed by atoms with E-state index >= 15 is 0 Å². The van der Waals surface area contributed by atoms with Crippen molar-refractivity contribution in [2.45, 2.75) is 65.3 Å². The summed E-state index contributed by atoms with van der Waals surface area (Å²) in [6.07, 6.45) is 5.50. The number of benzene rings is 3. The van der Waals surface area contributed by atoms with Crippen molar-refractivity contribution in [3.05, 3.63) is 76.9 Å². The molecule has 1 unspecified atom stereocenters. The minimum Gasteiger partial charge on any atom is -0.508 e. The Labute approximate surface area is 252 Å². The lowest BCUT2D eigenvalue weighted by Gasteiger charge is -2.37. The van der Waals surface area contributed by atoms with Gasteiger partial charge >= 0.3 is 0 Å². The van der Waals surface area contributed by atoms with Crippen LogP contribution in [-0.2, 0) is 19.4 Å². The van der Waals surface area contributed by atoms with Crippen LogP contribution < -0.4 is 19.1 Å². The van der Waals surface area contributed by atoms with Crippen molar-refractivity contribution in [1.29, 1.82) is 0 Å². The molecule has 1 aliphatic carbocycles. The third-order valence-corrected chi connectivity index (χ3v) is 9.07. The molecule has 42 heavy (non-hydrogen) atoms. The monoisotopic (exact) mass is 572 g/mol. The number of likely N-dealkylation sites (tertiary alicyclic amines) is 1. The average molecular weight is 573 g/mol. The van der Waals surface area contributed by atoms with Gasteiger partial charge in [-0.3, -0.25) is 4.90 Å². The number of piperidine rings is 1. The molecule has 1 aliphatic heterocycles. The number of aromatic hydroxyl groups is 1. The van der Waals surface area contributed by atoms with Crippen LogP contribution in [0.5, 0.6) is 23.0 Å². The fourth-order valence-electron chi connectivity index (χ4n) is 6.80. The van der Waals surface area contributed by atoms with Crippen molar-refractivity contribution in [1.82, 2.24) is 4.90 Å². The Morgan fingerprint density at radius 1 is 0.976 bits per heavy atom. The van der Waals surface area contributed by atoms with E-state index in [2.05, 4.69) is 73.0 Å². The van der Waals surface area contributed by atoms with E-state index in [4.69, 9.17) is 14.2 Å². The van der Waals surface area contributed by atoms with E-state index in [1.165, 1.54) is 47.3 Å². The number of hydrogen-bond acceptors (Lipinski definition) is 6. The fourth-order valence-corrected chi connectivity index (χ4v) is 6.80. The highest BCUT2D eigenvalue weighted by atomic mass is 16.5. The molecule has 6 nitrogen and oxygen atoms in total. The second-order valence-electron chi connectivity index (χ2n) is 12.7. The Bertz CT molecular complexity index is 1340. The Kier molecular flexibility index (Phi) is 9.52. The van der Waals surface area contributed by atoms with Crippen LogP contribution in [-0.4, -0.2) is 57.0 Å². The van der Waals surface area contributed by atoms with Gasteiger partial charge in [-0.05, 0) is 109 Å². The zero-order valence-electron chi connectivity index (χ0n) is 26.1. The van der Waals surface area contributed by atoms with Crippen LogP contribution in [0.1, 0.15) is 68.2 Å². The van der Waals surface area contributed by atoms with Crippen LogP contribution in [0.15, 0.2) is 54.6 Å². The lowest BCUT2D eigenvalue weighted by molar-refractivity contribution is 0.102. The van der Waals surface area contributed by atoms with Crippen molar-refractivity contribution in [2.24, 2.45) is 5.41 Å². The summed E-state index contributed by atoms with van der Waals surface area (Å²) in [4.78, 5) is 4.96. The zero-order valence-corrected chi connectivity index (χ0v) is 26.1. The molecule has 5 rings (SSSR count). The molecule has 3 aromatic rings. The SMILES string of the molecule is CCN(Cc1ccc(OCCN2CCCC(C)(C)C2)cc1)c1cc(OC)c(OC)cc1C1CCc2cc(O)ccc2C1. The van der Waals surface area contributed by atoms with Crippen molar-refractivity contribution < 1.29 is 19.3 Å². The van der Waals surface area contributed by atoms with Crippen molar-refractivity contribution in [3.63, 3.8) is 0 Å². The van der Waals surface area contributed by atoms with Gasteiger partial charge in [0.2, 0.25) is 0 Å². The van der Waals surface area contributed by atoms with Crippen LogP contribution >= 0.6 is 0 Å². The molecule has 1 N–H and O–H groups in total. The number of hydrogen-bond donors (Lipinski definition) is 1. The molecule has 1 atom stereocenters. The highest BCUT2D eigenvalue weighted by Gasteiger charge is 2.27. The van der Waals surface area contributed by atoms with E-state index < -0.39 is 0 Å². The van der Waals surface area contributed by atoms with Gasteiger partial charge in [0.1, 0.15) is 18.1 Å². The summed E-state index contributed by atoms with van der Waals surface area (Å²) in [6, 6.07) is 18.7. The predicted octanol–water partition coefficient (Wildman–Crippen LogP) is 7.21. The quantitative estimate of drug-likeness (QED) is 0.262. The summed E-state index contributed by atoms with van der Waals surface area (Å²) in [5, 5.41) is 9.97. The number of rotatable bonds is 11. The van der Waals surface area contributed by atoms with Crippen molar-refractivity contribution >= 4 is 5.69 Å². The van der Waals surface area contributed by atoms with Crippen molar-refractivity contribution in [3.8, 4) is 23.0 Å². The zero-order chi connectivity index (χ0) is 29.7. The van der Waals surface area contributed by atoms with Crippen LogP contribution in [0.4, 0.5) is 5.69 Å². The third kappa shape index (κ3) is 7.15. The standard InChI is InChI=1S/C36H48N2O4/c1-6-38(24-26-8-14-31(15-9-26)42-19-18-37-17-7-16-36(2,3)25-37)33-23-35(41-5)34(40-4)22-32(33)29-11-10-28-21-30(39)13-12-27(28)20-29/h8-9,12-15,21-23,29,39H,6-7,10-11,16-20,24-25H2,1-5H3. The molecule has 0 spiro atoms. The topological polar surface area (TPSA) is 54.4 Å². The summed E-state index contributed by atoms with van der Waals surface area (Å²) in [5.41, 5.74) is 6.69. The molecule has 0 saturated carbocycles. The van der Waals surface area contributed by atoms with E-state index in [9.17, 15) is 5.11 Å². The highest BCUT2D eigenvalue weighted by molar-refractivity contribution is 5.64. The van der Waals surface area contributed by atoms with Crippen LogP contribution in [0.2, 0.25) is 0 Å². The molecule has 1 heterocycles. The lowest BCUT2D eigenvalue weighted by atomic mass is 9.79. The summed E-state index contributed by atoms with van der Waals surface area (Å²) in [6.45, 7) is 12.6. The molecule has 2 aliphatic rings. The van der Waals surface area contributed by atoms with E-state index in [0.29, 0.717) is 17.1 Å².